The van der Waals surface area contributed by atoms with Crippen LogP contribution in [0.25, 0.3) is 10.9 Å². The van der Waals surface area contributed by atoms with Crippen LogP contribution in [0.3, 0.4) is 0 Å². The van der Waals surface area contributed by atoms with Crippen molar-refractivity contribution in [3.63, 3.8) is 0 Å². The van der Waals surface area contributed by atoms with Gasteiger partial charge in [0.05, 0.1) is 17.2 Å². The zero-order valence-electron chi connectivity index (χ0n) is 15.7. The number of nitrogens with one attached hydrogen (secondary N) is 1. The van der Waals surface area contributed by atoms with Crippen LogP contribution in [0.1, 0.15) is 42.5 Å². The summed E-state index contributed by atoms with van der Waals surface area (Å²) < 4.78 is 1.36. The molecule has 0 unspecified atom stereocenters. The number of nitrogens with zero attached hydrogens (tertiary/aromatic N) is 2. The summed E-state index contributed by atoms with van der Waals surface area (Å²) in [7, 11) is 1.61. The van der Waals surface area contributed by atoms with Crippen molar-refractivity contribution < 1.29 is 14.7 Å². The largest absolute Gasteiger partial charge is 0.479 e. The maximum atomic E-state index is 13.1. The van der Waals surface area contributed by atoms with E-state index >= 15 is 0 Å². The molecular formula is C21H23N3O4. The lowest BCUT2D eigenvalue weighted by molar-refractivity contribution is -0.163. The molecule has 0 saturated heterocycles. The van der Waals surface area contributed by atoms with Crippen LogP contribution >= 0.6 is 0 Å². The van der Waals surface area contributed by atoms with Crippen molar-refractivity contribution in [2.24, 2.45) is 30.7 Å². The minimum Gasteiger partial charge on any atom is -0.479 e. The predicted octanol–water partition coefficient (Wildman–Crippen LogP) is 1.94. The molecule has 6 rings (SSSR count). The first-order valence-corrected chi connectivity index (χ1v) is 9.89. The summed E-state index contributed by atoms with van der Waals surface area (Å²) >= 11 is 0. The number of aryl methyl sites for hydroxylation is 1. The number of carboxylic acids is 1. The monoisotopic (exact) mass is 381 g/mol. The molecule has 2 aromatic rings. The van der Waals surface area contributed by atoms with Crippen molar-refractivity contribution in [2.75, 3.05) is 0 Å². The lowest BCUT2D eigenvalue weighted by Gasteiger charge is -2.59. The quantitative estimate of drug-likeness (QED) is 0.846. The highest BCUT2D eigenvalue weighted by Crippen LogP contribution is 2.58. The van der Waals surface area contributed by atoms with Crippen LogP contribution in [0.2, 0.25) is 0 Å². The predicted molar refractivity (Wildman–Crippen MR) is 102 cm³/mol. The number of hydrogen-bond donors (Lipinski definition) is 2. The van der Waals surface area contributed by atoms with E-state index in [0.29, 0.717) is 28.3 Å². The van der Waals surface area contributed by atoms with E-state index in [9.17, 15) is 19.5 Å². The Bertz CT molecular complexity index is 1030. The fourth-order valence-corrected chi connectivity index (χ4v) is 6.15. The van der Waals surface area contributed by atoms with Gasteiger partial charge in [-0.05, 0) is 74.0 Å². The van der Waals surface area contributed by atoms with Gasteiger partial charge in [-0.15, -0.1) is 0 Å². The van der Waals surface area contributed by atoms with Gasteiger partial charge >= 0.3 is 5.97 Å². The minimum atomic E-state index is -1.20. The number of fused-ring (bicyclic) bond motifs is 1. The summed E-state index contributed by atoms with van der Waals surface area (Å²) in [6.45, 7) is 0. The van der Waals surface area contributed by atoms with E-state index in [1.54, 1.807) is 19.2 Å². The van der Waals surface area contributed by atoms with Crippen LogP contribution in [0.5, 0.6) is 0 Å². The van der Waals surface area contributed by atoms with Crippen molar-refractivity contribution in [2.45, 2.75) is 37.6 Å². The molecule has 0 aliphatic heterocycles. The third-order valence-electron chi connectivity index (χ3n) is 7.28. The average Bonchev–Trinajstić information content (AvgIpc) is 2.66. The molecule has 28 heavy (non-hydrogen) atoms. The Labute approximate surface area is 161 Å². The van der Waals surface area contributed by atoms with Gasteiger partial charge in [0.25, 0.3) is 11.5 Å². The number of aliphatic carboxylic acids is 1. The highest BCUT2D eigenvalue weighted by molar-refractivity contribution is 6.00. The molecule has 1 amide bonds. The zero-order valence-corrected chi connectivity index (χ0v) is 15.7. The second-order valence-electron chi connectivity index (χ2n) is 8.83. The first-order chi connectivity index (χ1) is 13.4. The minimum absolute atomic E-state index is 0.0137. The molecule has 4 aliphatic rings. The molecule has 2 N–H and O–H groups in total. The average molecular weight is 381 g/mol. The SMILES string of the molecule is Cn1cnc2ccc(C(=O)NC3(C(=O)O)C4CC5CC(C4)CC3C5)cc2c1=O. The Kier molecular flexibility index (Phi) is 3.66. The van der Waals surface area contributed by atoms with Crippen LogP contribution in [0, 0.1) is 23.7 Å². The molecule has 1 heterocycles. The fraction of sp³-hybridized carbons (Fsp3) is 0.524. The van der Waals surface area contributed by atoms with Crippen LogP contribution in [0.15, 0.2) is 29.3 Å². The maximum Gasteiger partial charge on any atom is 0.330 e. The molecule has 4 bridgehead atoms. The van der Waals surface area contributed by atoms with Gasteiger partial charge in [0.1, 0.15) is 5.54 Å². The van der Waals surface area contributed by atoms with Gasteiger partial charge in [0, 0.05) is 12.6 Å². The van der Waals surface area contributed by atoms with Crippen LogP contribution in [-0.4, -0.2) is 32.1 Å². The van der Waals surface area contributed by atoms with E-state index in [1.165, 1.54) is 23.4 Å². The Morgan fingerprint density at radius 2 is 1.79 bits per heavy atom. The fourth-order valence-electron chi connectivity index (χ4n) is 6.15. The van der Waals surface area contributed by atoms with Gasteiger partial charge in [-0.2, -0.15) is 0 Å². The van der Waals surface area contributed by atoms with Gasteiger partial charge in [0.15, 0.2) is 0 Å². The maximum absolute atomic E-state index is 13.1. The van der Waals surface area contributed by atoms with E-state index in [0.717, 1.165) is 25.7 Å². The van der Waals surface area contributed by atoms with Crippen LogP contribution in [-0.2, 0) is 11.8 Å². The standard InChI is InChI=1S/C21H23N3O4/c1-24-10-22-17-3-2-13(9-16(17)19(24)26)18(25)23-21(20(27)28)14-5-11-4-12(7-14)8-15(21)6-11/h2-3,9-12,14-15H,4-8H2,1H3,(H,23,25)(H,27,28). The number of carbonyl (C=O) groups excluding carboxylic acids is 1. The number of carboxylic acid groups (broad SMARTS) is 1. The van der Waals surface area contributed by atoms with E-state index in [-0.39, 0.29) is 17.4 Å². The molecule has 1 aromatic heterocycles. The van der Waals surface area contributed by atoms with Crippen molar-refractivity contribution in [1.82, 2.24) is 14.9 Å². The zero-order chi connectivity index (χ0) is 19.6. The van der Waals surface area contributed by atoms with Crippen LogP contribution in [0.4, 0.5) is 0 Å². The first-order valence-electron chi connectivity index (χ1n) is 9.89. The molecule has 146 valence electrons. The lowest BCUT2D eigenvalue weighted by Crippen LogP contribution is -2.70. The van der Waals surface area contributed by atoms with Crippen molar-refractivity contribution in [3.05, 3.63) is 40.4 Å². The van der Waals surface area contributed by atoms with E-state index < -0.39 is 17.4 Å². The molecule has 4 aliphatic carbocycles. The topological polar surface area (TPSA) is 101 Å². The van der Waals surface area contributed by atoms with Crippen molar-refractivity contribution in [1.29, 1.82) is 0 Å². The third-order valence-corrected chi connectivity index (χ3v) is 7.28. The summed E-state index contributed by atoms with van der Waals surface area (Å²) in [5.41, 5.74) is -0.615. The van der Waals surface area contributed by atoms with E-state index in [4.69, 9.17) is 0 Å². The normalized spacial score (nSPS) is 33.2. The number of hydrogen-bond acceptors (Lipinski definition) is 4. The molecule has 0 spiro atoms. The molecule has 1 aromatic carbocycles. The first kappa shape index (κ1) is 17.4. The Balaban J connectivity index is 1.52. The molecule has 7 heteroatoms. The molecule has 0 radical (unpaired) electrons. The second kappa shape index (κ2) is 5.90. The molecular weight excluding hydrogens is 358 g/mol. The van der Waals surface area contributed by atoms with Gasteiger partial charge in [-0.25, -0.2) is 9.78 Å². The number of aromatic nitrogens is 2. The lowest BCUT2D eigenvalue weighted by atomic mass is 9.48. The Hall–Kier alpha value is -2.70. The second-order valence-corrected chi connectivity index (χ2v) is 8.83. The highest BCUT2D eigenvalue weighted by Gasteiger charge is 2.62. The number of carbonyl (C=O) groups is 2. The number of amides is 1. The molecule has 4 saturated carbocycles. The molecule has 7 nitrogen and oxygen atoms in total. The van der Waals surface area contributed by atoms with Crippen LogP contribution < -0.4 is 10.9 Å². The highest BCUT2D eigenvalue weighted by atomic mass is 16.4. The summed E-state index contributed by atoms with van der Waals surface area (Å²) in [5, 5.41) is 13.4. The summed E-state index contributed by atoms with van der Waals surface area (Å²) in [6, 6.07) is 4.76. The number of benzene rings is 1. The Morgan fingerprint density at radius 1 is 1.14 bits per heavy atom. The van der Waals surface area contributed by atoms with Gasteiger partial charge in [-0.1, -0.05) is 0 Å². The molecule has 0 atom stereocenters. The molecule has 4 fully saturated rings. The summed E-state index contributed by atoms with van der Waals surface area (Å²) in [5.74, 6) is -0.181. The van der Waals surface area contributed by atoms with E-state index in [2.05, 4.69) is 10.3 Å². The van der Waals surface area contributed by atoms with Gasteiger partial charge in [-0.3, -0.25) is 9.59 Å². The number of rotatable bonds is 3. The van der Waals surface area contributed by atoms with Crippen molar-refractivity contribution in [3.8, 4) is 0 Å². The Morgan fingerprint density at radius 3 is 2.39 bits per heavy atom. The summed E-state index contributed by atoms with van der Waals surface area (Å²) in [6.07, 6.45) is 6.16. The van der Waals surface area contributed by atoms with Gasteiger partial charge < -0.3 is 15.0 Å². The van der Waals surface area contributed by atoms with Crippen molar-refractivity contribution >= 4 is 22.8 Å². The van der Waals surface area contributed by atoms with Gasteiger partial charge in [0.2, 0.25) is 0 Å². The van der Waals surface area contributed by atoms with E-state index in [1.807, 2.05) is 0 Å². The third kappa shape index (κ3) is 2.34. The smallest absolute Gasteiger partial charge is 0.330 e. The summed E-state index contributed by atoms with van der Waals surface area (Å²) in [4.78, 5) is 42.1.